The second kappa shape index (κ2) is 6.20. The van der Waals surface area contributed by atoms with E-state index in [4.69, 9.17) is 11.6 Å². The van der Waals surface area contributed by atoms with Gasteiger partial charge in [0.2, 0.25) is 5.78 Å². The number of carbonyl (C=O) groups excluding carboxylic acids is 1. The molecular formula is C16H15ClN6O. The molecule has 1 amide bonds. The van der Waals surface area contributed by atoms with Gasteiger partial charge in [-0.15, -0.1) is 0 Å². The van der Waals surface area contributed by atoms with Crippen molar-refractivity contribution in [3.63, 3.8) is 0 Å². The summed E-state index contributed by atoms with van der Waals surface area (Å²) in [7, 11) is 0. The molecule has 1 fully saturated rings. The lowest BCUT2D eigenvalue weighted by Crippen LogP contribution is -2.46. The quantitative estimate of drug-likeness (QED) is 0.669. The van der Waals surface area contributed by atoms with Crippen LogP contribution in [0.1, 0.15) is 22.0 Å². The van der Waals surface area contributed by atoms with Gasteiger partial charge >= 0.3 is 0 Å². The van der Waals surface area contributed by atoms with Crippen molar-refractivity contribution >= 4 is 23.3 Å². The SMILES string of the molecule is O=C(NC1NNCC1c1cccc(Cl)c1)c1cn2cccnc2n1. The zero-order valence-electron chi connectivity index (χ0n) is 12.6. The Morgan fingerprint density at radius 3 is 3.12 bits per heavy atom. The highest BCUT2D eigenvalue weighted by molar-refractivity contribution is 6.30. The van der Waals surface area contributed by atoms with Crippen LogP contribution in [-0.2, 0) is 0 Å². The van der Waals surface area contributed by atoms with Gasteiger partial charge in [0, 0.05) is 36.1 Å². The first-order valence-electron chi connectivity index (χ1n) is 7.55. The van der Waals surface area contributed by atoms with Crippen LogP contribution in [-0.4, -0.2) is 33.0 Å². The molecule has 1 aromatic carbocycles. The molecule has 0 radical (unpaired) electrons. The van der Waals surface area contributed by atoms with Crippen molar-refractivity contribution in [2.45, 2.75) is 12.1 Å². The highest BCUT2D eigenvalue weighted by Gasteiger charge is 2.30. The Hall–Kier alpha value is -2.48. The normalized spacial score (nSPS) is 20.4. The maximum Gasteiger partial charge on any atom is 0.272 e. The first kappa shape index (κ1) is 15.1. The van der Waals surface area contributed by atoms with Gasteiger partial charge in [0.05, 0.1) is 0 Å². The average molecular weight is 343 g/mol. The molecule has 122 valence electrons. The van der Waals surface area contributed by atoms with Crippen LogP contribution in [0, 0.1) is 0 Å². The number of hydrogen-bond donors (Lipinski definition) is 3. The van der Waals surface area contributed by atoms with Crippen LogP contribution < -0.4 is 16.2 Å². The molecule has 7 nitrogen and oxygen atoms in total. The second-order valence-electron chi connectivity index (χ2n) is 5.59. The standard InChI is InChI=1S/C16H15ClN6O/c17-11-4-1-3-10(7-11)12-8-19-22-14(12)21-15(24)13-9-23-6-2-5-18-16(23)20-13/h1-7,9,12,14,19,22H,8H2,(H,21,24). The number of hydrogen-bond acceptors (Lipinski definition) is 5. The van der Waals surface area contributed by atoms with Crippen molar-refractivity contribution in [3.05, 3.63) is 65.2 Å². The van der Waals surface area contributed by atoms with Gasteiger partial charge in [-0.3, -0.25) is 14.6 Å². The predicted molar refractivity (Wildman–Crippen MR) is 89.6 cm³/mol. The highest BCUT2D eigenvalue weighted by atomic mass is 35.5. The number of carbonyl (C=O) groups is 1. The fraction of sp³-hybridized carbons (Fsp3) is 0.188. The van der Waals surface area contributed by atoms with Gasteiger partial charge in [-0.25, -0.2) is 15.4 Å². The third-order valence-electron chi connectivity index (χ3n) is 4.01. The molecule has 3 heterocycles. The Labute approximate surface area is 143 Å². The van der Waals surface area contributed by atoms with Crippen LogP contribution in [0.4, 0.5) is 0 Å². The lowest BCUT2D eigenvalue weighted by molar-refractivity contribution is 0.0924. The summed E-state index contributed by atoms with van der Waals surface area (Å²) in [6.07, 6.45) is 4.85. The molecule has 2 aromatic heterocycles. The number of hydrazine groups is 1. The van der Waals surface area contributed by atoms with Crippen molar-refractivity contribution in [2.24, 2.45) is 0 Å². The van der Waals surface area contributed by atoms with Gasteiger partial charge in [0.25, 0.3) is 5.91 Å². The van der Waals surface area contributed by atoms with Crippen LogP contribution in [0.5, 0.6) is 0 Å². The topological polar surface area (TPSA) is 83.4 Å². The smallest absolute Gasteiger partial charge is 0.272 e. The number of amides is 1. The van der Waals surface area contributed by atoms with Crippen molar-refractivity contribution in [1.29, 1.82) is 0 Å². The molecule has 1 aliphatic rings. The summed E-state index contributed by atoms with van der Waals surface area (Å²) in [4.78, 5) is 20.9. The lowest BCUT2D eigenvalue weighted by atomic mass is 9.97. The van der Waals surface area contributed by atoms with Gasteiger partial charge in [0.15, 0.2) is 0 Å². The number of imidazole rings is 1. The molecule has 1 saturated heterocycles. The zero-order valence-corrected chi connectivity index (χ0v) is 13.4. The molecule has 0 spiro atoms. The van der Waals surface area contributed by atoms with Crippen molar-refractivity contribution in [1.82, 2.24) is 30.5 Å². The molecule has 3 aromatic rings. The molecule has 4 rings (SSSR count). The molecule has 0 bridgehead atoms. The predicted octanol–water partition coefficient (Wildman–Crippen LogP) is 1.33. The number of nitrogens with zero attached hydrogens (tertiary/aromatic N) is 3. The van der Waals surface area contributed by atoms with Gasteiger partial charge in [-0.1, -0.05) is 23.7 Å². The summed E-state index contributed by atoms with van der Waals surface area (Å²) in [5.41, 5.74) is 7.55. The third kappa shape index (κ3) is 2.84. The van der Waals surface area contributed by atoms with Crippen molar-refractivity contribution < 1.29 is 4.79 Å². The van der Waals surface area contributed by atoms with E-state index in [1.807, 2.05) is 24.3 Å². The third-order valence-corrected chi connectivity index (χ3v) is 4.25. The minimum absolute atomic E-state index is 0.0720. The fourth-order valence-corrected chi connectivity index (χ4v) is 3.03. The van der Waals surface area contributed by atoms with E-state index in [0.717, 1.165) is 5.56 Å². The number of fused-ring (bicyclic) bond motifs is 1. The number of nitrogens with one attached hydrogen (secondary N) is 3. The van der Waals surface area contributed by atoms with E-state index >= 15 is 0 Å². The summed E-state index contributed by atoms with van der Waals surface area (Å²) in [5.74, 6) is 0.308. The van der Waals surface area contributed by atoms with Crippen molar-refractivity contribution in [3.8, 4) is 0 Å². The molecular weight excluding hydrogens is 328 g/mol. The molecule has 24 heavy (non-hydrogen) atoms. The largest absolute Gasteiger partial charge is 0.333 e. The van der Waals surface area contributed by atoms with Gasteiger partial charge < -0.3 is 5.32 Å². The summed E-state index contributed by atoms with van der Waals surface area (Å²) in [6.45, 7) is 0.692. The Balaban J connectivity index is 1.54. The number of rotatable bonds is 3. The monoisotopic (exact) mass is 342 g/mol. The summed E-state index contributed by atoms with van der Waals surface area (Å²) < 4.78 is 1.71. The molecule has 1 aliphatic heterocycles. The maximum absolute atomic E-state index is 12.5. The Morgan fingerprint density at radius 1 is 1.38 bits per heavy atom. The summed E-state index contributed by atoms with van der Waals surface area (Å²) in [6, 6.07) is 9.43. The van der Waals surface area contributed by atoms with E-state index in [2.05, 4.69) is 26.1 Å². The Morgan fingerprint density at radius 2 is 2.29 bits per heavy atom. The summed E-state index contributed by atoms with van der Waals surface area (Å²) in [5, 5.41) is 3.64. The minimum atomic E-state index is -0.256. The molecule has 2 unspecified atom stereocenters. The van der Waals surface area contributed by atoms with E-state index in [9.17, 15) is 4.79 Å². The van der Waals surface area contributed by atoms with Crippen LogP contribution in [0.25, 0.3) is 5.78 Å². The van der Waals surface area contributed by atoms with E-state index < -0.39 is 0 Å². The van der Waals surface area contributed by atoms with Crippen LogP contribution >= 0.6 is 11.6 Å². The first-order valence-corrected chi connectivity index (χ1v) is 7.93. The Bertz CT molecular complexity index is 862. The average Bonchev–Trinajstić information content (AvgIpc) is 3.21. The van der Waals surface area contributed by atoms with Gasteiger partial charge in [-0.2, -0.15) is 0 Å². The molecule has 0 saturated carbocycles. The molecule has 2 atom stereocenters. The second-order valence-corrected chi connectivity index (χ2v) is 6.03. The number of aromatic nitrogens is 3. The molecule has 8 heteroatoms. The number of halogens is 1. The summed E-state index contributed by atoms with van der Waals surface area (Å²) >= 11 is 6.07. The van der Waals surface area contributed by atoms with Crippen LogP contribution in [0.3, 0.4) is 0 Å². The van der Waals surface area contributed by atoms with E-state index in [0.29, 0.717) is 23.0 Å². The van der Waals surface area contributed by atoms with Crippen molar-refractivity contribution in [2.75, 3.05) is 6.54 Å². The van der Waals surface area contributed by atoms with E-state index in [1.165, 1.54) is 0 Å². The van der Waals surface area contributed by atoms with Gasteiger partial charge in [0.1, 0.15) is 11.9 Å². The highest BCUT2D eigenvalue weighted by Crippen LogP contribution is 2.23. The van der Waals surface area contributed by atoms with E-state index in [-0.39, 0.29) is 18.0 Å². The lowest BCUT2D eigenvalue weighted by Gasteiger charge is -2.19. The molecule has 3 N–H and O–H groups in total. The van der Waals surface area contributed by atoms with Gasteiger partial charge in [-0.05, 0) is 23.8 Å². The number of benzene rings is 1. The maximum atomic E-state index is 12.5. The van der Waals surface area contributed by atoms with Crippen LogP contribution in [0.15, 0.2) is 48.9 Å². The fourth-order valence-electron chi connectivity index (χ4n) is 2.84. The Kier molecular flexibility index (Phi) is 3.89. The zero-order chi connectivity index (χ0) is 16.5. The first-order chi connectivity index (χ1) is 11.7. The minimum Gasteiger partial charge on any atom is -0.333 e. The van der Waals surface area contributed by atoms with E-state index in [1.54, 1.807) is 29.1 Å². The molecule has 0 aliphatic carbocycles. The van der Waals surface area contributed by atoms with Crippen LogP contribution in [0.2, 0.25) is 5.02 Å².